The summed E-state index contributed by atoms with van der Waals surface area (Å²) in [7, 11) is 1.89. The molecule has 2 aromatic rings. The Labute approximate surface area is 112 Å². The predicted octanol–water partition coefficient (Wildman–Crippen LogP) is 2.44. The minimum absolute atomic E-state index is 0.115. The van der Waals surface area contributed by atoms with Crippen LogP contribution >= 0.6 is 0 Å². The van der Waals surface area contributed by atoms with Crippen molar-refractivity contribution in [2.75, 3.05) is 7.05 Å². The Morgan fingerprint density at radius 1 is 1.16 bits per heavy atom. The molecule has 100 valence electrons. The van der Waals surface area contributed by atoms with E-state index in [4.69, 9.17) is 0 Å². The van der Waals surface area contributed by atoms with Gasteiger partial charge in [-0.05, 0) is 33.0 Å². The molecule has 19 heavy (non-hydrogen) atoms. The van der Waals surface area contributed by atoms with Gasteiger partial charge in [0.25, 0.3) is 0 Å². The number of carbonyl (C=O) groups excluding carboxylic acids is 2. The number of aromatic nitrogens is 1. The molecule has 0 bridgehead atoms. The fourth-order valence-electron chi connectivity index (χ4n) is 2.34. The number of fused-ring (bicyclic) bond motifs is 1. The number of likely N-dealkylation sites (N-methyl/N-ethyl adjacent to an activating group) is 1. The molecule has 0 saturated carbocycles. The standard InChI is InChI=1S/C15H18N2O2/c1-10(16-3)11(2)17-14(9-19)7-13-5-4-12(8-18)6-15(13)17/h4-11,16H,1-3H3. The molecule has 0 spiro atoms. The molecule has 4 nitrogen and oxygen atoms in total. The number of nitrogens with one attached hydrogen (secondary N) is 1. The van der Waals surface area contributed by atoms with E-state index in [9.17, 15) is 9.59 Å². The molecule has 0 aliphatic rings. The van der Waals surface area contributed by atoms with Gasteiger partial charge in [0.15, 0.2) is 6.29 Å². The number of carbonyl (C=O) groups is 2. The van der Waals surface area contributed by atoms with Gasteiger partial charge in [-0.3, -0.25) is 9.59 Å². The van der Waals surface area contributed by atoms with Crippen LogP contribution in [0.25, 0.3) is 10.9 Å². The van der Waals surface area contributed by atoms with Gasteiger partial charge in [0, 0.05) is 28.6 Å². The molecule has 0 saturated heterocycles. The minimum Gasteiger partial charge on any atom is -0.334 e. The lowest BCUT2D eigenvalue weighted by Gasteiger charge is -2.23. The van der Waals surface area contributed by atoms with Crippen molar-refractivity contribution in [2.45, 2.75) is 25.9 Å². The first-order chi connectivity index (χ1) is 9.12. The van der Waals surface area contributed by atoms with Crippen LogP contribution in [-0.4, -0.2) is 30.2 Å². The highest BCUT2D eigenvalue weighted by Crippen LogP contribution is 2.25. The van der Waals surface area contributed by atoms with E-state index in [-0.39, 0.29) is 12.1 Å². The van der Waals surface area contributed by atoms with E-state index in [1.807, 2.05) is 29.8 Å². The fourth-order valence-corrected chi connectivity index (χ4v) is 2.34. The summed E-state index contributed by atoms with van der Waals surface area (Å²) in [6.45, 7) is 4.12. The zero-order chi connectivity index (χ0) is 14.0. The highest BCUT2D eigenvalue weighted by atomic mass is 16.1. The molecule has 1 aromatic carbocycles. The highest BCUT2D eigenvalue weighted by molar-refractivity contribution is 5.92. The third-order valence-electron chi connectivity index (χ3n) is 3.74. The van der Waals surface area contributed by atoms with Crippen molar-refractivity contribution in [3.05, 3.63) is 35.5 Å². The molecule has 1 aromatic heterocycles. The van der Waals surface area contributed by atoms with Gasteiger partial charge in [0.1, 0.15) is 6.29 Å². The second kappa shape index (κ2) is 5.36. The summed E-state index contributed by atoms with van der Waals surface area (Å²) >= 11 is 0. The molecule has 0 aliphatic heterocycles. The van der Waals surface area contributed by atoms with Crippen LogP contribution in [0.1, 0.15) is 40.7 Å². The first-order valence-corrected chi connectivity index (χ1v) is 6.35. The van der Waals surface area contributed by atoms with Crippen LogP contribution in [-0.2, 0) is 0 Å². The Kier molecular flexibility index (Phi) is 3.81. The summed E-state index contributed by atoms with van der Waals surface area (Å²) in [6, 6.07) is 7.66. The summed E-state index contributed by atoms with van der Waals surface area (Å²) in [4.78, 5) is 22.2. The molecule has 0 radical (unpaired) electrons. The van der Waals surface area contributed by atoms with Crippen LogP contribution in [0.4, 0.5) is 0 Å². The van der Waals surface area contributed by atoms with Crippen LogP contribution < -0.4 is 5.32 Å². The van der Waals surface area contributed by atoms with Crippen LogP contribution in [0.2, 0.25) is 0 Å². The van der Waals surface area contributed by atoms with Gasteiger partial charge < -0.3 is 9.88 Å². The van der Waals surface area contributed by atoms with Gasteiger partial charge in [-0.15, -0.1) is 0 Å². The van der Waals surface area contributed by atoms with Crippen molar-refractivity contribution in [1.29, 1.82) is 0 Å². The summed E-state index contributed by atoms with van der Waals surface area (Å²) in [6.07, 6.45) is 1.68. The van der Waals surface area contributed by atoms with Crippen LogP contribution in [0.5, 0.6) is 0 Å². The minimum atomic E-state index is 0.115. The predicted molar refractivity (Wildman–Crippen MR) is 75.9 cm³/mol. The lowest BCUT2D eigenvalue weighted by atomic mass is 10.1. The number of nitrogens with zero attached hydrogens (tertiary/aromatic N) is 1. The summed E-state index contributed by atoms with van der Waals surface area (Å²) < 4.78 is 1.98. The monoisotopic (exact) mass is 258 g/mol. The molecule has 1 N–H and O–H groups in total. The Morgan fingerprint density at radius 2 is 1.89 bits per heavy atom. The molecule has 0 amide bonds. The molecule has 2 atom stereocenters. The number of aldehydes is 2. The van der Waals surface area contributed by atoms with E-state index in [1.165, 1.54) is 0 Å². The first kappa shape index (κ1) is 13.5. The van der Waals surface area contributed by atoms with E-state index in [1.54, 1.807) is 6.07 Å². The Hall–Kier alpha value is -1.94. The van der Waals surface area contributed by atoms with Crippen molar-refractivity contribution in [2.24, 2.45) is 0 Å². The van der Waals surface area contributed by atoms with Crippen LogP contribution in [0.3, 0.4) is 0 Å². The maximum atomic E-state index is 11.3. The molecule has 1 heterocycles. The molecule has 0 aliphatic carbocycles. The van der Waals surface area contributed by atoms with E-state index in [0.29, 0.717) is 11.3 Å². The van der Waals surface area contributed by atoms with Gasteiger partial charge in [-0.1, -0.05) is 12.1 Å². The Balaban J connectivity index is 2.67. The maximum Gasteiger partial charge on any atom is 0.166 e. The van der Waals surface area contributed by atoms with Gasteiger partial charge in [-0.25, -0.2) is 0 Å². The Morgan fingerprint density at radius 3 is 2.47 bits per heavy atom. The average Bonchev–Trinajstić information content (AvgIpc) is 2.82. The van der Waals surface area contributed by atoms with Crippen molar-refractivity contribution < 1.29 is 9.59 Å². The average molecular weight is 258 g/mol. The van der Waals surface area contributed by atoms with Crippen molar-refractivity contribution in [1.82, 2.24) is 9.88 Å². The molecule has 4 heteroatoms. The third-order valence-corrected chi connectivity index (χ3v) is 3.74. The maximum absolute atomic E-state index is 11.3. The van der Waals surface area contributed by atoms with E-state index in [0.717, 1.165) is 23.5 Å². The van der Waals surface area contributed by atoms with Crippen LogP contribution in [0, 0.1) is 0 Å². The summed E-state index contributed by atoms with van der Waals surface area (Å²) in [5.41, 5.74) is 2.17. The summed E-state index contributed by atoms with van der Waals surface area (Å²) in [5, 5.41) is 4.17. The lowest BCUT2D eigenvalue weighted by molar-refractivity contribution is 0.111. The number of hydrogen-bond acceptors (Lipinski definition) is 3. The van der Waals surface area contributed by atoms with Gasteiger partial charge >= 0.3 is 0 Å². The van der Waals surface area contributed by atoms with Crippen molar-refractivity contribution in [3.63, 3.8) is 0 Å². The second-order valence-corrected chi connectivity index (χ2v) is 4.81. The molecular formula is C15H18N2O2. The third kappa shape index (κ3) is 2.31. The SMILES string of the molecule is CNC(C)C(C)n1c(C=O)cc2ccc(C=O)cc21. The lowest BCUT2D eigenvalue weighted by Crippen LogP contribution is -2.31. The van der Waals surface area contributed by atoms with Crippen molar-refractivity contribution in [3.8, 4) is 0 Å². The normalized spacial score (nSPS) is 14.3. The van der Waals surface area contributed by atoms with E-state index in [2.05, 4.69) is 19.2 Å². The molecule has 2 rings (SSSR count). The van der Waals surface area contributed by atoms with Gasteiger partial charge in [0.05, 0.1) is 5.69 Å². The largest absolute Gasteiger partial charge is 0.334 e. The number of hydrogen-bond donors (Lipinski definition) is 1. The number of rotatable bonds is 5. The smallest absolute Gasteiger partial charge is 0.166 e. The molecular weight excluding hydrogens is 240 g/mol. The second-order valence-electron chi connectivity index (χ2n) is 4.81. The quantitative estimate of drug-likeness (QED) is 0.838. The topological polar surface area (TPSA) is 51.1 Å². The first-order valence-electron chi connectivity index (χ1n) is 6.35. The number of benzene rings is 1. The fraction of sp³-hybridized carbons (Fsp3) is 0.333. The molecule has 2 unspecified atom stereocenters. The van der Waals surface area contributed by atoms with E-state index >= 15 is 0 Å². The van der Waals surface area contributed by atoms with Crippen molar-refractivity contribution >= 4 is 23.5 Å². The highest BCUT2D eigenvalue weighted by Gasteiger charge is 2.18. The Bertz CT molecular complexity index is 616. The zero-order valence-electron chi connectivity index (χ0n) is 11.4. The van der Waals surface area contributed by atoms with Crippen LogP contribution in [0.15, 0.2) is 24.3 Å². The van der Waals surface area contributed by atoms with Gasteiger partial charge in [0.2, 0.25) is 0 Å². The molecule has 0 fully saturated rings. The van der Waals surface area contributed by atoms with Gasteiger partial charge in [-0.2, -0.15) is 0 Å². The summed E-state index contributed by atoms with van der Waals surface area (Å²) in [5.74, 6) is 0. The zero-order valence-corrected chi connectivity index (χ0v) is 11.4. The van der Waals surface area contributed by atoms with E-state index < -0.39 is 0 Å².